The van der Waals surface area contributed by atoms with Crippen LogP contribution in [0.15, 0.2) is 36.4 Å². The second-order valence-electron chi connectivity index (χ2n) is 8.20. The second kappa shape index (κ2) is 9.11. The van der Waals surface area contributed by atoms with Crippen LogP contribution in [0.2, 0.25) is 5.02 Å². The fourth-order valence-corrected chi connectivity index (χ4v) is 4.32. The van der Waals surface area contributed by atoms with Crippen LogP contribution in [-0.2, 0) is 11.3 Å². The Morgan fingerprint density at radius 1 is 1.11 bits per heavy atom. The van der Waals surface area contributed by atoms with Gasteiger partial charge in [-0.15, -0.1) is 0 Å². The maximum absolute atomic E-state index is 12.8. The number of rotatable bonds is 5. The summed E-state index contributed by atoms with van der Waals surface area (Å²) >= 11 is 6.08. The van der Waals surface area contributed by atoms with Crippen LogP contribution in [0, 0.1) is 26.7 Å². The van der Waals surface area contributed by atoms with Gasteiger partial charge in [0.15, 0.2) is 0 Å². The van der Waals surface area contributed by atoms with Gasteiger partial charge in [0.1, 0.15) is 0 Å². The summed E-state index contributed by atoms with van der Waals surface area (Å²) in [4.78, 5) is 15.2. The molecule has 1 fully saturated rings. The lowest BCUT2D eigenvalue weighted by molar-refractivity contribution is -0.127. The van der Waals surface area contributed by atoms with Gasteiger partial charge >= 0.3 is 0 Å². The van der Waals surface area contributed by atoms with E-state index in [1.807, 2.05) is 18.2 Å². The van der Waals surface area contributed by atoms with E-state index in [0.717, 1.165) is 37.5 Å². The molecule has 0 unspecified atom stereocenters. The highest BCUT2D eigenvalue weighted by atomic mass is 35.5. The van der Waals surface area contributed by atoms with Crippen molar-refractivity contribution in [3.63, 3.8) is 0 Å². The number of nitrogens with one attached hydrogen (secondary N) is 1. The Morgan fingerprint density at radius 3 is 2.46 bits per heavy atom. The zero-order valence-electron chi connectivity index (χ0n) is 17.4. The molecule has 150 valence electrons. The standard InChI is InChI=1S/C24H31ClN2O/c1-16-12-18(3)23(13-17(16)2)19(4)26-24(28)21-8-10-27(11-9-21)15-20-6-5-7-22(25)14-20/h5-7,12-14,19,21H,8-11,15H2,1-4H3,(H,26,28)/t19-/m0/s1. The molecular formula is C24H31ClN2O. The number of nitrogens with zero attached hydrogens (tertiary/aromatic N) is 1. The molecule has 3 nitrogen and oxygen atoms in total. The predicted molar refractivity (Wildman–Crippen MR) is 117 cm³/mol. The third-order valence-electron chi connectivity index (χ3n) is 5.96. The van der Waals surface area contributed by atoms with Crippen molar-refractivity contribution < 1.29 is 4.79 Å². The first-order valence-electron chi connectivity index (χ1n) is 10.2. The molecular weight excluding hydrogens is 368 g/mol. The number of likely N-dealkylation sites (tertiary alicyclic amines) is 1. The number of halogens is 1. The quantitative estimate of drug-likeness (QED) is 0.735. The number of hydrogen-bond acceptors (Lipinski definition) is 2. The van der Waals surface area contributed by atoms with Gasteiger partial charge in [-0.1, -0.05) is 35.9 Å². The van der Waals surface area contributed by atoms with E-state index >= 15 is 0 Å². The lowest BCUT2D eigenvalue weighted by Gasteiger charge is -2.32. The van der Waals surface area contributed by atoms with Gasteiger partial charge in [0.2, 0.25) is 5.91 Å². The minimum Gasteiger partial charge on any atom is -0.349 e. The van der Waals surface area contributed by atoms with E-state index in [0.29, 0.717) is 0 Å². The summed E-state index contributed by atoms with van der Waals surface area (Å²) in [7, 11) is 0. The molecule has 28 heavy (non-hydrogen) atoms. The largest absolute Gasteiger partial charge is 0.349 e. The molecule has 2 aromatic carbocycles. The van der Waals surface area contributed by atoms with Crippen molar-refractivity contribution >= 4 is 17.5 Å². The molecule has 0 aliphatic carbocycles. The first-order valence-corrected chi connectivity index (χ1v) is 10.6. The van der Waals surface area contributed by atoms with Gasteiger partial charge in [-0.2, -0.15) is 0 Å². The number of carbonyl (C=O) groups is 1. The monoisotopic (exact) mass is 398 g/mol. The molecule has 1 N–H and O–H groups in total. The van der Waals surface area contributed by atoms with Crippen molar-refractivity contribution in [2.45, 2.75) is 53.1 Å². The summed E-state index contributed by atoms with van der Waals surface area (Å²) in [6.45, 7) is 11.3. The van der Waals surface area contributed by atoms with Gasteiger partial charge < -0.3 is 5.32 Å². The molecule has 3 rings (SSSR count). The Hall–Kier alpha value is -1.84. The lowest BCUT2D eigenvalue weighted by Crippen LogP contribution is -2.41. The van der Waals surface area contributed by atoms with Crippen molar-refractivity contribution in [3.8, 4) is 0 Å². The predicted octanol–water partition coefficient (Wildman–Crippen LogP) is 5.35. The number of piperidine rings is 1. The SMILES string of the molecule is Cc1cc(C)c([C@H](C)NC(=O)C2CCN(Cc3cccc(Cl)c3)CC2)cc1C. The molecule has 4 heteroatoms. The average molecular weight is 399 g/mol. The van der Waals surface area contributed by atoms with Crippen molar-refractivity contribution in [3.05, 3.63) is 69.2 Å². The highest BCUT2D eigenvalue weighted by Crippen LogP contribution is 2.24. The van der Waals surface area contributed by atoms with E-state index in [4.69, 9.17) is 11.6 Å². The number of benzene rings is 2. The second-order valence-corrected chi connectivity index (χ2v) is 8.64. The molecule has 2 aromatic rings. The van der Waals surface area contributed by atoms with Gasteiger partial charge in [0.05, 0.1) is 6.04 Å². The summed E-state index contributed by atoms with van der Waals surface area (Å²) in [5.74, 6) is 0.289. The summed E-state index contributed by atoms with van der Waals surface area (Å²) < 4.78 is 0. The maximum Gasteiger partial charge on any atom is 0.223 e. The molecule has 1 amide bonds. The fraction of sp³-hybridized carbons (Fsp3) is 0.458. The summed E-state index contributed by atoms with van der Waals surface area (Å²) in [5.41, 5.74) is 6.26. The van der Waals surface area contributed by atoms with E-state index in [1.165, 1.54) is 27.8 Å². The first-order chi connectivity index (χ1) is 13.3. The van der Waals surface area contributed by atoms with Crippen LogP contribution in [0.5, 0.6) is 0 Å². The molecule has 0 radical (unpaired) electrons. The molecule has 1 atom stereocenters. The summed E-state index contributed by atoms with van der Waals surface area (Å²) in [6.07, 6.45) is 1.82. The average Bonchev–Trinajstić information content (AvgIpc) is 2.65. The van der Waals surface area contributed by atoms with E-state index in [1.54, 1.807) is 0 Å². The minimum atomic E-state index is 0.0382. The van der Waals surface area contributed by atoms with Crippen molar-refractivity contribution in [1.82, 2.24) is 10.2 Å². The zero-order valence-corrected chi connectivity index (χ0v) is 18.1. The first kappa shape index (κ1) is 20.9. The van der Waals surface area contributed by atoms with Gasteiger partial charge in [-0.3, -0.25) is 9.69 Å². The zero-order chi connectivity index (χ0) is 20.3. The molecule has 1 saturated heterocycles. The van der Waals surface area contributed by atoms with E-state index in [2.05, 4.69) is 56.1 Å². The lowest BCUT2D eigenvalue weighted by atomic mass is 9.93. The molecule has 0 aromatic heterocycles. The topological polar surface area (TPSA) is 32.3 Å². The Labute approximate surface area is 174 Å². The van der Waals surface area contributed by atoms with Crippen LogP contribution in [0.3, 0.4) is 0 Å². The van der Waals surface area contributed by atoms with Crippen LogP contribution in [0.25, 0.3) is 0 Å². The van der Waals surface area contributed by atoms with Gasteiger partial charge in [-0.25, -0.2) is 0 Å². The normalized spacial score (nSPS) is 16.8. The van der Waals surface area contributed by atoms with Crippen LogP contribution in [0.1, 0.15) is 53.6 Å². The third-order valence-corrected chi connectivity index (χ3v) is 6.20. The third kappa shape index (κ3) is 5.15. The van der Waals surface area contributed by atoms with Gasteiger partial charge in [0, 0.05) is 17.5 Å². The van der Waals surface area contributed by atoms with Gasteiger partial charge in [-0.05, 0) is 93.6 Å². The summed E-state index contributed by atoms with van der Waals surface area (Å²) in [6, 6.07) is 12.5. The smallest absolute Gasteiger partial charge is 0.223 e. The van der Waals surface area contributed by atoms with E-state index in [-0.39, 0.29) is 17.9 Å². The van der Waals surface area contributed by atoms with E-state index < -0.39 is 0 Å². The van der Waals surface area contributed by atoms with Crippen LogP contribution < -0.4 is 5.32 Å². The number of hydrogen-bond donors (Lipinski definition) is 1. The van der Waals surface area contributed by atoms with Crippen molar-refractivity contribution in [1.29, 1.82) is 0 Å². The van der Waals surface area contributed by atoms with Crippen LogP contribution in [-0.4, -0.2) is 23.9 Å². The number of carbonyl (C=O) groups excluding carboxylic acids is 1. The Morgan fingerprint density at radius 2 is 1.79 bits per heavy atom. The van der Waals surface area contributed by atoms with Crippen molar-refractivity contribution in [2.75, 3.05) is 13.1 Å². The number of amides is 1. The Bertz CT molecular complexity index is 840. The molecule has 1 aliphatic rings. The molecule has 0 bridgehead atoms. The number of aryl methyl sites for hydroxylation is 3. The summed E-state index contributed by atoms with van der Waals surface area (Å²) in [5, 5.41) is 4.03. The molecule has 1 aliphatic heterocycles. The highest BCUT2D eigenvalue weighted by molar-refractivity contribution is 6.30. The Balaban J connectivity index is 1.53. The maximum atomic E-state index is 12.8. The molecule has 1 heterocycles. The van der Waals surface area contributed by atoms with E-state index in [9.17, 15) is 4.79 Å². The van der Waals surface area contributed by atoms with Crippen LogP contribution >= 0.6 is 11.6 Å². The Kier molecular flexibility index (Phi) is 6.79. The van der Waals surface area contributed by atoms with Crippen molar-refractivity contribution in [2.24, 2.45) is 5.92 Å². The van der Waals surface area contributed by atoms with Gasteiger partial charge in [0.25, 0.3) is 0 Å². The molecule has 0 saturated carbocycles. The van der Waals surface area contributed by atoms with Crippen LogP contribution in [0.4, 0.5) is 0 Å². The highest BCUT2D eigenvalue weighted by Gasteiger charge is 2.26. The minimum absolute atomic E-state index is 0.0382. The molecule has 0 spiro atoms. The fourth-order valence-electron chi connectivity index (χ4n) is 4.11.